The lowest BCUT2D eigenvalue weighted by atomic mass is 9.95. The molecule has 1 saturated heterocycles. The molecule has 3 aromatic rings. The number of amides is 2. The van der Waals surface area contributed by atoms with Crippen molar-refractivity contribution in [3.8, 4) is 10.8 Å². The number of hydrogen-bond donors (Lipinski definition) is 0. The summed E-state index contributed by atoms with van der Waals surface area (Å²) in [6.45, 7) is 3.59. The fraction of sp³-hybridized carbons (Fsp3) is 0.304. The standard InChI is InChI=1S/C23H21N3O5S/c1-14(2)25-21(28)16-6-3-4-7-17(16)26-19(27)9-10-23(25,26)22(29)31-12-15-13-32-20(24-15)18-8-5-11-30-18/h3-8,11,13-14H,9-10,12H2,1-2H3. The van der Waals surface area contributed by atoms with Crippen molar-refractivity contribution in [1.29, 1.82) is 0 Å². The fourth-order valence-corrected chi connectivity index (χ4v) is 5.29. The summed E-state index contributed by atoms with van der Waals surface area (Å²) >= 11 is 1.38. The number of nitrogens with zero attached hydrogens (tertiary/aromatic N) is 3. The van der Waals surface area contributed by atoms with Gasteiger partial charge in [-0.25, -0.2) is 9.78 Å². The van der Waals surface area contributed by atoms with E-state index in [0.717, 1.165) is 0 Å². The number of furan rings is 1. The fourth-order valence-electron chi connectivity index (χ4n) is 4.52. The lowest BCUT2D eigenvalue weighted by molar-refractivity contribution is -0.159. The minimum Gasteiger partial charge on any atom is -0.462 e. The Morgan fingerprint density at radius 2 is 2.06 bits per heavy atom. The molecule has 164 valence electrons. The molecule has 1 atom stereocenters. The molecule has 32 heavy (non-hydrogen) atoms. The molecule has 2 aliphatic rings. The summed E-state index contributed by atoms with van der Waals surface area (Å²) in [6.07, 6.45) is 1.90. The first-order chi connectivity index (χ1) is 15.4. The molecule has 0 saturated carbocycles. The lowest BCUT2D eigenvalue weighted by Gasteiger charge is -2.50. The smallest absolute Gasteiger partial charge is 0.354 e. The maximum Gasteiger partial charge on any atom is 0.354 e. The van der Waals surface area contributed by atoms with Gasteiger partial charge in [-0.15, -0.1) is 11.3 Å². The molecule has 1 unspecified atom stereocenters. The number of carbonyl (C=O) groups is 3. The predicted molar refractivity (Wildman–Crippen MR) is 117 cm³/mol. The van der Waals surface area contributed by atoms with Crippen molar-refractivity contribution in [3.05, 3.63) is 59.3 Å². The maximum atomic E-state index is 13.6. The highest BCUT2D eigenvalue weighted by molar-refractivity contribution is 7.13. The van der Waals surface area contributed by atoms with Crippen LogP contribution in [0.15, 0.2) is 52.5 Å². The number of aromatic nitrogens is 1. The molecule has 2 aliphatic heterocycles. The van der Waals surface area contributed by atoms with Crippen LogP contribution in [0.2, 0.25) is 0 Å². The van der Waals surface area contributed by atoms with Gasteiger partial charge >= 0.3 is 5.97 Å². The molecular weight excluding hydrogens is 430 g/mol. The summed E-state index contributed by atoms with van der Waals surface area (Å²) in [6, 6.07) is 10.2. The van der Waals surface area contributed by atoms with Crippen LogP contribution in [0.4, 0.5) is 5.69 Å². The van der Waals surface area contributed by atoms with E-state index in [9.17, 15) is 14.4 Å². The van der Waals surface area contributed by atoms with Gasteiger partial charge in [0.15, 0.2) is 10.8 Å². The quantitative estimate of drug-likeness (QED) is 0.548. The SMILES string of the molecule is CC(C)N1C(=O)c2ccccc2N2C(=O)CCC21C(=O)OCc1csc(-c2ccco2)n1. The van der Waals surface area contributed by atoms with Crippen LogP contribution in [-0.2, 0) is 20.9 Å². The van der Waals surface area contributed by atoms with E-state index in [2.05, 4.69) is 4.98 Å². The van der Waals surface area contributed by atoms with Gasteiger partial charge < -0.3 is 14.1 Å². The molecule has 0 aliphatic carbocycles. The van der Waals surface area contributed by atoms with Crippen LogP contribution >= 0.6 is 11.3 Å². The van der Waals surface area contributed by atoms with Gasteiger partial charge in [-0.2, -0.15) is 0 Å². The Labute approximate surface area is 188 Å². The van der Waals surface area contributed by atoms with E-state index in [1.165, 1.54) is 21.1 Å². The maximum absolute atomic E-state index is 13.6. The summed E-state index contributed by atoms with van der Waals surface area (Å²) in [5.74, 6) is -0.486. The van der Waals surface area contributed by atoms with E-state index < -0.39 is 11.6 Å². The van der Waals surface area contributed by atoms with Crippen LogP contribution in [0.3, 0.4) is 0 Å². The Bertz CT molecular complexity index is 1200. The first-order valence-electron chi connectivity index (χ1n) is 10.3. The van der Waals surface area contributed by atoms with Crippen molar-refractivity contribution in [2.45, 2.75) is 45.0 Å². The Hall–Kier alpha value is -3.46. The van der Waals surface area contributed by atoms with E-state index >= 15 is 0 Å². The molecule has 4 heterocycles. The number of fused-ring (bicyclic) bond motifs is 3. The van der Waals surface area contributed by atoms with Gasteiger partial charge in [0.05, 0.1) is 23.2 Å². The first kappa shape index (κ1) is 20.4. The summed E-state index contributed by atoms with van der Waals surface area (Å²) < 4.78 is 11.0. The third-order valence-electron chi connectivity index (χ3n) is 5.78. The van der Waals surface area contributed by atoms with Crippen molar-refractivity contribution < 1.29 is 23.5 Å². The lowest BCUT2D eigenvalue weighted by Crippen LogP contribution is -2.70. The van der Waals surface area contributed by atoms with Crippen LogP contribution in [0.25, 0.3) is 10.8 Å². The third kappa shape index (κ3) is 2.96. The summed E-state index contributed by atoms with van der Waals surface area (Å²) in [5.41, 5.74) is -0.0814. The van der Waals surface area contributed by atoms with Crippen LogP contribution in [-0.4, -0.2) is 39.4 Å². The zero-order valence-corrected chi connectivity index (χ0v) is 18.4. The highest BCUT2D eigenvalue weighted by Gasteiger charge is 2.62. The van der Waals surface area contributed by atoms with E-state index in [4.69, 9.17) is 9.15 Å². The van der Waals surface area contributed by atoms with Crippen molar-refractivity contribution >= 4 is 34.8 Å². The zero-order chi connectivity index (χ0) is 22.5. The molecule has 0 radical (unpaired) electrons. The topological polar surface area (TPSA) is 93.0 Å². The summed E-state index contributed by atoms with van der Waals surface area (Å²) in [5, 5.41) is 2.48. The summed E-state index contributed by atoms with van der Waals surface area (Å²) in [7, 11) is 0. The van der Waals surface area contributed by atoms with Crippen molar-refractivity contribution in [2.24, 2.45) is 0 Å². The Balaban J connectivity index is 1.48. The molecule has 2 aromatic heterocycles. The summed E-state index contributed by atoms with van der Waals surface area (Å²) in [4.78, 5) is 47.3. The molecule has 0 bridgehead atoms. The Morgan fingerprint density at radius 1 is 1.25 bits per heavy atom. The molecule has 9 heteroatoms. The minimum atomic E-state index is -1.50. The van der Waals surface area contributed by atoms with Crippen LogP contribution in [0.5, 0.6) is 0 Å². The van der Waals surface area contributed by atoms with Crippen LogP contribution in [0, 0.1) is 0 Å². The van der Waals surface area contributed by atoms with Crippen molar-refractivity contribution in [2.75, 3.05) is 4.90 Å². The molecule has 0 N–H and O–H groups in total. The monoisotopic (exact) mass is 451 g/mol. The number of rotatable bonds is 5. The molecular formula is C23H21N3O5S. The van der Waals surface area contributed by atoms with Gasteiger partial charge in [0.1, 0.15) is 6.61 Å². The number of carbonyl (C=O) groups excluding carboxylic acids is 3. The zero-order valence-electron chi connectivity index (χ0n) is 17.6. The average molecular weight is 452 g/mol. The van der Waals surface area contributed by atoms with E-state index in [1.807, 2.05) is 13.8 Å². The van der Waals surface area contributed by atoms with Gasteiger partial charge in [0, 0.05) is 24.3 Å². The second-order valence-corrected chi connectivity index (χ2v) is 8.89. The number of ether oxygens (including phenoxy) is 1. The molecule has 2 amide bonds. The number of benzene rings is 1. The second kappa shape index (κ2) is 7.59. The predicted octanol–water partition coefficient (Wildman–Crippen LogP) is 3.83. The average Bonchev–Trinajstić information content (AvgIpc) is 3.52. The number of para-hydroxylation sites is 1. The normalized spacial score (nSPS) is 20.0. The van der Waals surface area contributed by atoms with Crippen LogP contribution < -0.4 is 4.90 Å². The number of hydrogen-bond acceptors (Lipinski definition) is 7. The van der Waals surface area contributed by atoms with E-state index in [0.29, 0.717) is 27.7 Å². The largest absolute Gasteiger partial charge is 0.462 e. The second-order valence-electron chi connectivity index (χ2n) is 8.03. The van der Waals surface area contributed by atoms with Crippen molar-refractivity contribution in [1.82, 2.24) is 9.88 Å². The molecule has 5 rings (SSSR count). The van der Waals surface area contributed by atoms with Gasteiger partial charge in [-0.05, 0) is 38.1 Å². The van der Waals surface area contributed by atoms with Gasteiger partial charge in [0.25, 0.3) is 5.91 Å². The van der Waals surface area contributed by atoms with Gasteiger partial charge in [0.2, 0.25) is 11.6 Å². The molecule has 8 nitrogen and oxygen atoms in total. The Morgan fingerprint density at radius 3 is 2.81 bits per heavy atom. The highest BCUT2D eigenvalue weighted by Crippen LogP contribution is 2.46. The van der Waals surface area contributed by atoms with Crippen LogP contribution in [0.1, 0.15) is 42.7 Å². The Kier molecular flexibility index (Phi) is 4.85. The number of anilines is 1. The van der Waals surface area contributed by atoms with E-state index in [-0.39, 0.29) is 37.3 Å². The number of esters is 1. The van der Waals surface area contributed by atoms with Crippen molar-refractivity contribution in [3.63, 3.8) is 0 Å². The molecule has 0 spiro atoms. The van der Waals surface area contributed by atoms with E-state index in [1.54, 1.807) is 48.0 Å². The van der Waals surface area contributed by atoms with Gasteiger partial charge in [-0.1, -0.05) is 12.1 Å². The van der Waals surface area contributed by atoms with Gasteiger partial charge in [-0.3, -0.25) is 14.5 Å². The highest BCUT2D eigenvalue weighted by atomic mass is 32.1. The number of thiazole rings is 1. The third-order valence-corrected chi connectivity index (χ3v) is 6.68. The minimum absolute atomic E-state index is 0.0679. The molecule has 1 fully saturated rings. The first-order valence-corrected chi connectivity index (χ1v) is 11.2. The molecule has 1 aromatic carbocycles.